The number of nitrogens with one attached hydrogen (secondary N) is 1. The van der Waals surface area contributed by atoms with Crippen LogP contribution in [0.4, 0.5) is 5.69 Å². The van der Waals surface area contributed by atoms with Crippen LogP contribution in [0.5, 0.6) is 0 Å². The van der Waals surface area contributed by atoms with Crippen molar-refractivity contribution < 1.29 is 18.0 Å². The Morgan fingerprint density at radius 3 is 2.21 bits per heavy atom. The summed E-state index contributed by atoms with van der Waals surface area (Å²) in [5, 5.41) is 3.20. The summed E-state index contributed by atoms with van der Waals surface area (Å²) in [4.78, 5) is 27.7. The highest BCUT2D eigenvalue weighted by Gasteiger charge is 2.32. The lowest BCUT2D eigenvalue weighted by molar-refractivity contribution is -0.140. The minimum absolute atomic E-state index is 0.0987. The van der Waals surface area contributed by atoms with Gasteiger partial charge in [0.25, 0.3) is 0 Å². The average Bonchev–Trinajstić information content (AvgIpc) is 2.73. The summed E-state index contributed by atoms with van der Waals surface area (Å²) >= 11 is 12.2. The first-order valence-corrected chi connectivity index (χ1v) is 13.1. The highest BCUT2D eigenvalue weighted by atomic mass is 35.5. The van der Waals surface area contributed by atoms with Crippen LogP contribution in [0.2, 0.25) is 10.0 Å². The molecule has 0 unspecified atom stereocenters. The minimum atomic E-state index is -3.87. The number of hydrogen-bond donors (Lipinski definition) is 1. The van der Waals surface area contributed by atoms with Crippen molar-refractivity contribution in [3.05, 3.63) is 63.6 Å². The molecule has 0 heterocycles. The van der Waals surface area contributed by atoms with Gasteiger partial charge in [-0.2, -0.15) is 0 Å². The summed E-state index contributed by atoms with van der Waals surface area (Å²) in [7, 11) is -3.87. The molecule has 7 nitrogen and oxygen atoms in total. The molecule has 0 fully saturated rings. The number of carbonyl (C=O) groups is 2. The first-order valence-electron chi connectivity index (χ1n) is 10.5. The van der Waals surface area contributed by atoms with Gasteiger partial charge in [0.05, 0.1) is 17.0 Å². The SMILES string of the molecule is CCNC(=O)[C@@H](CC)N(Cc1ccc(C)cc1)C(=O)CN(c1ccc(Cl)cc1Cl)S(C)(=O)=O. The van der Waals surface area contributed by atoms with Crippen molar-refractivity contribution in [3.63, 3.8) is 0 Å². The Morgan fingerprint density at radius 1 is 1.06 bits per heavy atom. The highest BCUT2D eigenvalue weighted by molar-refractivity contribution is 7.92. The van der Waals surface area contributed by atoms with E-state index in [4.69, 9.17) is 23.2 Å². The molecule has 2 rings (SSSR count). The van der Waals surface area contributed by atoms with E-state index >= 15 is 0 Å². The summed E-state index contributed by atoms with van der Waals surface area (Å²) < 4.78 is 26.1. The quantitative estimate of drug-likeness (QED) is 0.519. The van der Waals surface area contributed by atoms with Crippen LogP contribution in [0.25, 0.3) is 0 Å². The molecule has 10 heteroatoms. The van der Waals surface area contributed by atoms with Crippen molar-refractivity contribution >= 4 is 50.7 Å². The molecular weight excluding hydrogens is 485 g/mol. The fourth-order valence-corrected chi connectivity index (χ4v) is 4.80. The maximum absolute atomic E-state index is 13.5. The highest BCUT2D eigenvalue weighted by Crippen LogP contribution is 2.30. The number of halogens is 2. The van der Waals surface area contributed by atoms with Crippen LogP contribution >= 0.6 is 23.2 Å². The van der Waals surface area contributed by atoms with Crippen LogP contribution in [0.3, 0.4) is 0 Å². The second-order valence-electron chi connectivity index (χ2n) is 7.69. The largest absolute Gasteiger partial charge is 0.355 e. The van der Waals surface area contributed by atoms with E-state index in [1.807, 2.05) is 31.2 Å². The van der Waals surface area contributed by atoms with Gasteiger partial charge < -0.3 is 10.2 Å². The van der Waals surface area contributed by atoms with Crippen LogP contribution in [0.15, 0.2) is 42.5 Å². The van der Waals surface area contributed by atoms with E-state index < -0.39 is 28.5 Å². The topological polar surface area (TPSA) is 86.8 Å². The maximum Gasteiger partial charge on any atom is 0.244 e. The van der Waals surface area contributed by atoms with Crippen LogP contribution < -0.4 is 9.62 Å². The molecule has 0 aliphatic heterocycles. The van der Waals surface area contributed by atoms with Gasteiger partial charge in [-0.1, -0.05) is 60.0 Å². The number of amides is 2. The summed E-state index contributed by atoms with van der Waals surface area (Å²) in [5.74, 6) is -0.819. The lowest BCUT2D eigenvalue weighted by atomic mass is 10.1. The van der Waals surface area contributed by atoms with E-state index in [2.05, 4.69) is 5.32 Å². The zero-order chi connectivity index (χ0) is 24.8. The van der Waals surface area contributed by atoms with Crippen molar-refractivity contribution in [2.24, 2.45) is 0 Å². The molecule has 0 bridgehead atoms. The molecule has 2 amide bonds. The number of aryl methyl sites for hydroxylation is 1. The van der Waals surface area contributed by atoms with Gasteiger partial charge >= 0.3 is 0 Å². The Morgan fingerprint density at radius 2 is 1.70 bits per heavy atom. The van der Waals surface area contributed by atoms with Crippen molar-refractivity contribution in [2.75, 3.05) is 23.7 Å². The first-order chi connectivity index (χ1) is 15.5. The zero-order valence-electron chi connectivity index (χ0n) is 19.1. The Kier molecular flexibility index (Phi) is 9.57. The van der Waals surface area contributed by atoms with Gasteiger partial charge in [0, 0.05) is 18.1 Å². The average molecular weight is 514 g/mol. The van der Waals surface area contributed by atoms with Gasteiger partial charge in [-0.15, -0.1) is 0 Å². The van der Waals surface area contributed by atoms with Crippen molar-refractivity contribution in [1.29, 1.82) is 0 Å². The second kappa shape index (κ2) is 11.7. The molecule has 0 aliphatic rings. The summed E-state index contributed by atoms with van der Waals surface area (Å²) in [5.41, 5.74) is 2.03. The van der Waals surface area contributed by atoms with Crippen LogP contribution in [-0.2, 0) is 26.2 Å². The summed E-state index contributed by atoms with van der Waals surface area (Å²) in [6.45, 7) is 5.61. The third-order valence-electron chi connectivity index (χ3n) is 5.07. The smallest absolute Gasteiger partial charge is 0.244 e. The Bertz CT molecular complexity index is 1090. The van der Waals surface area contributed by atoms with Crippen molar-refractivity contribution in [1.82, 2.24) is 10.2 Å². The van der Waals surface area contributed by atoms with E-state index in [0.29, 0.717) is 18.0 Å². The van der Waals surface area contributed by atoms with Gasteiger partial charge in [-0.05, 0) is 44.0 Å². The summed E-state index contributed by atoms with van der Waals surface area (Å²) in [6, 6.07) is 11.2. The minimum Gasteiger partial charge on any atom is -0.355 e. The molecule has 33 heavy (non-hydrogen) atoms. The predicted octanol–water partition coefficient (Wildman–Crippen LogP) is 4.01. The number of carbonyl (C=O) groups excluding carboxylic acids is 2. The molecule has 0 aromatic heterocycles. The molecule has 0 radical (unpaired) electrons. The van der Waals surface area contributed by atoms with E-state index in [1.165, 1.54) is 23.1 Å². The molecule has 180 valence electrons. The Hall–Kier alpha value is -2.29. The molecule has 1 N–H and O–H groups in total. The number of likely N-dealkylation sites (N-methyl/N-ethyl adjacent to an activating group) is 1. The van der Waals surface area contributed by atoms with E-state index in [1.54, 1.807) is 13.8 Å². The molecule has 0 spiro atoms. The van der Waals surface area contributed by atoms with Gasteiger partial charge in [-0.3, -0.25) is 13.9 Å². The monoisotopic (exact) mass is 513 g/mol. The van der Waals surface area contributed by atoms with Crippen LogP contribution in [0.1, 0.15) is 31.4 Å². The normalized spacial score (nSPS) is 12.2. The first kappa shape index (κ1) is 27.0. The molecule has 0 saturated heterocycles. The second-order valence-corrected chi connectivity index (χ2v) is 10.4. The molecule has 0 saturated carbocycles. The van der Waals surface area contributed by atoms with Crippen molar-refractivity contribution in [2.45, 2.75) is 39.8 Å². The third kappa shape index (κ3) is 7.35. The van der Waals surface area contributed by atoms with Gasteiger partial charge in [0.15, 0.2) is 0 Å². The number of nitrogens with zero attached hydrogens (tertiary/aromatic N) is 2. The predicted molar refractivity (Wildman–Crippen MR) is 133 cm³/mol. The molecular formula is C23H29Cl2N3O4S. The standard InChI is InChI=1S/C23H29Cl2N3O4S/c1-5-20(23(30)26-6-2)27(14-17-9-7-16(3)8-10-17)22(29)15-28(33(4,31)32)21-12-11-18(24)13-19(21)25/h7-13,20H,5-6,14-15H2,1-4H3,(H,26,30)/t20-/m1/s1. The van der Waals surface area contributed by atoms with Crippen LogP contribution in [0, 0.1) is 6.92 Å². The zero-order valence-corrected chi connectivity index (χ0v) is 21.5. The number of benzene rings is 2. The molecule has 2 aromatic carbocycles. The number of hydrogen-bond acceptors (Lipinski definition) is 4. The molecule has 1 atom stereocenters. The number of anilines is 1. The Balaban J connectivity index is 2.45. The van der Waals surface area contributed by atoms with E-state index in [-0.39, 0.29) is 23.2 Å². The fraction of sp³-hybridized carbons (Fsp3) is 0.391. The number of rotatable bonds is 10. The Labute approximate surface area is 205 Å². The van der Waals surface area contributed by atoms with Gasteiger partial charge in [-0.25, -0.2) is 8.42 Å². The van der Waals surface area contributed by atoms with E-state index in [9.17, 15) is 18.0 Å². The van der Waals surface area contributed by atoms with Gasteiger partial charge in [0.1, 0.15) is 12.6 Å². The summed E-state index contributed by atoms with van der Waals surface area (Å²) in [6.07, 6.45) is 1.36. The van der Waals surface area contributed by atoms with Crippen LogP contribution in [-0.4, -0.2) is 50.5 Å². The lowest BCUT2D eigenvalue weighted by Crippen LogP contribution is -2.52. The van der Waals surface area contributed by atoms with Crippen molar-refractivity contribution in [3.8, 4) is 0 Å². The fourth-order valence-electron chi connectivity index (χ4n) is 3.38. The number of sulfonamides is 1. The molecule has 0 aliphatic carbocycles. The van der Waals surface area contributed by atoms with Gasteiger partial charge in [0.2, 0.25) is 21.8 Å². The third-order valence-corrected chi connectivity index (χ3v) is 6.73. The lowest BCUT2D eigenvalue weighted by Gasteiger charge is -2.33. The van der Waals surface area contributed by atoms with E-state index in [0.717, 1.165) is 21.7 Å². The molecule has 2 aromatic rings. The maximum atomic E-state index is 13.5.